The molecular formula is C12H16N2O. The van der Waals surface area contributed by atoms with E-state index in [1.165, 1.54) is 0 Å². The molecule has 1 aromatic heterocycles. The third kappa shape index (κ3) is 1.49. The molecule has 0 spiro atoms. The quantitative estimate of drug-likeness (QED) is 0.668. The van der Waals surface area contributed by atoms with Gasteiger partial charge in [0.2, 0.25) is 0 Å². The van der Waals surface area contributed by atoms with Crippen molar-refractivity contribution in [1.82, 2.24) is 4.98 Å². The second kappa shape index (κ2) is 3.28. The molecule has 1 aromatic carbocycles. The van der Waals surface area contributed by atoms with Crippen LogP contribution in [0.15, 0.2) is 12.1 Å². The van der Waals surface area contributed by atoms with Crippen LogP contribution in [0.1, 0.15) is 29.8 Å². The highest BCUT2D eigenvalue weighted by atomic mass is 16.3. The van der Waals surface area contributed by atoms with Gasteiger partial charge >= 0.3 is 0 Å². The summed E-state index contributed by atoms with van der Waals surface area (Å²) >= 11 is 0. The Morgan fingerprint density at radius 1 is 1.33 bits per heavy atom. The van der Waals surface area contributed by atoms with E-state index in [1.807, 2.05) is 20.8 Å². The maximum absolute atomic E-state index is 9.57. The molecule has 1 heterocycles. The molecule has 15 heavy (non-hydrogen) atoms. The Morgan fingerprint density at radius 3 is 2.60 bits per heavy atom. The standard InChI is InChI=1S/C12H16N2O/c1-6-4-9(15)5-10-11(7(2)13)8(3)14-12(6)10/h4-5,7,14-15H,13H2,1-3H3. The van der Waals surface area contributed by atoms with Crippen molar-refractivity contribution in [2.24, 2.45) is 5.73 Å². The lowest BCUT2D eigenvalue weighted by molar-refractivity contribution is 0.475. The van der Waals surface area contributed by atoms with E-state index in [9.17, 15) is 5.11 Å². The van der Waals surface area contributed by atoms with Gasteiger partial charge in [0.1, 0.15) is 5.75 Å². The van der Waals surface area contributed by atoms with Crippen LogP contribution in [0.5, 0.6) is 5.75 Å². The van der Waals surface area contributed by atoms with Gasteiger partial charge < -0.3 is 15.8 Å². The van der Waals surface area contributed by atoms with E-state index in [-0.39, 0.29) is 6.04 Å². The minimum absolute atomic E-state index is 0.0278. The monoisotopic (exact) mass is 204 g/mol. The van der Waals surface area contributed by atoms with E-state index in [2.05, 4.69) is 4.98 Å². The lowest BCUT2D eigenvalue weighted by Crippen LogP contribution is -2.05. The van der Waals surface area contributed by atoms with Gasteiger partial charge in [-0.3, -0.25) is 0 Å². The van der Waals surface area contributed by atoms with Gasteiger partial charge in [0.15, 0.2) is 0 Å². The summed E-state index contributed by atoms with van der Waals surface area (Å²) in [6.45, 7) is 5.94. The van der Waals surface area contributed by atoms with Crippen LogP contribution in [0.25, 0.3) is 10.9 Å². The Morgan fingerprint density at radius 2 is 2.00 bits per heavy atom. The molecule has 0 amide bonds. The zero-order valence-corrected chi connectivity index (χ0v) is 9.26. The normalized spacial score (nSPS) is 13.3. The van der Waals surface area contributed by atoms with Crippen molar-refractivity contribution < 1.29 is 5.11 Å². The number of aromatic amines is 1. The van der Waals surface area contributed by atoms with Crippen molar-refractivity contribution in [1.29, 1.82) is 0 Å². The summed E-state index contributed by atoms with van der Waals surface area (Å²) in [5, 5.41) is 10.6. The number of nitrogens with one attached hydrogen (secondary N) is 1. The van der Waals surface area contributed by atoms with Gasteiger partial charge in [-0.15, -0.1) is 0 Å². The third-order valence-electron chi connectivity index (χ3n) is 2.78. The number of benzene rings is 1. The highest BCUT2D eigenvalue weighted by Gasteiger charge is 2.13. The van der Waals surface area contributed by atoms with Crippen LogP contribution in [0.4, 0.5) is 0 Å². The Hall–Kier alpha value is -1.48. The average Bonchev–Trinajstić information content (AvgIpc) is 2.41. The first-order valence-electron chi connectivity index (χ1n) is 5.08. The van der Waals surface area contributed by atoms with E-state index >= 15 is 0 Å². The first-order valence-corrected chi connectivity index (χ1v) is 5.08. The summed E-state index contributed by atoms with van der Waals surface area (Å²) in [4.78, 5) is 3.31. The number of aryl methyl sites for hydroxylation is 2. The van der Waals surface area contributed by atoms with Crippen molar-refractivity contribution >= 4 is 10.9 Å². The van der Waals surface area contributed by atoms with Gasteiger partial charge in [-0.05, 0) is 44.0 Å². The maximum atomic E-state index is 9.57. The number of aromatic hydroxyl groups is 1. The Kier molecular flexibility index (Phi) is 2.20. The van der Waals surface area contributed by atoms with Gasteiger partial charge in [0, 0.05) is 22.6 Å². The first-order chi connectivity index (χ1) is 7.00. The van der Waals surface area contributed by atoms with Crippen molar-refractivity contribution in [3.05, 3.63) is 29.0 Å². The fraction of sp³-hybridized carbons (Fsp3) is 0.333. The second-order valence-corrected chi connectivity index (χ2v) is 4.14. The molecule has 0 saturated heterocycles. The highest BCUT2D eigenvalue weighted by Crippen LogP contribution is 2.31. The lowest BCUT2D eigenvalue weighted by Gasteiger charge is -2.05. The molecule has 80 valence electrons. The molecule has 1 atom stereocenters. The Balaban J connectivity index is 2.86. The topological polar surface area (TPSA) is 62.0 Å². The number of H-pyrrole nitrogens is 1. The first kappa shape index (κ1) is 10.1. The molecule has 0 fully saturated rings. The molecular weight excluding hydrogens is 188 g/mol. The van der Waals surface area contributed by atoms with E-state index in [4.69, 9.17) is 5.73 Å². The van der Waals surface area contributed by atoms with Crippen molar-refractivity contribution in [2.45, 2.75) is 26.8 Å². The predicted molar refractivity (Wildman–Crippen MR) is 62.0 cm³/mol. The van der Waals surface area contributed by atoms with Crippen molar-refractivity contribution in [2.75, 3.05) is 0 Å². The maximum Gasteiger partial charge on any atom is 0.116 e. The van der Waals surface area contributed by atoms with Crippen LogP contribution in [0.3, 0.4) is 0 Å². The highest BCUT2D eigenvalue weighted by molar-refractivity contribution is 5.89. The molecule has 0 aliphatic heterocycles. The van der Waals surface area contributed by atoms with Gasteiger partial charge in [-0.2, -0.15) is 0 Å². The summed E-state index contributed by atoms with van der Waals surface area (Å²) in [6.07, 6.45) is 0. The number of phenolic OH excluding ortho intramolecular Hbond substituents is 1. The van der Waals surface area contributed by atoms with Crippen molar-refractivity contribution in [3.63, 3.8) is 0 Å². The summed E-state index contributed by atoms with van der Waals surface area (Å²) in [6, 6.07) is 3.49. The number of hydrogen-bond acceptors (Lipinski definition) is 2. The molecule has 0 radical (unpaired) electrons. The van der Waals surface area contributed by atoms with E-state index in [0.29, 0.717) is 5.75 Å². The molecule has 2 aromatic rings. The van der Waals surface area contributed by atoms with Crippen LogP contribution in [-0.2, 0) is 0 Å². The summed E-state index contributed by atoms with van der Waals surface area (Å²) in [7, 11) is 0. The summed E-state index contributed by atoms with van der Waals surface area (Å²) in [5.41, 5.74) is 10.2. The molecule has 3 nitrogen and oxygen atoms in total. The zero-order chi connectivity index (χ0) is 11.2. The molecule has 0 saturated carbocycles. The number of nitrogens with two attached hydrogens (primary N) is 1. The van der Waals surface area contributed by atoms with Crippen molar-refractivity contribution in [3.8, 4) is 5.75 Å². The lowest BCUT2D eigenvalue weighted by atomic mass is 10.0. The van der Waals surface area contributed by atoms with Gasteiger partial charge in [0.05, 0.1) is 0 Å². The third-order valence-corrected chi connectivity index (χ3v) is 2.78. The molecule has 4 N–H and O–H groups in total. The summed E-state index contributed by atoms with van der Waals surface area (Å²) < 4.78 is 0. The fourth-order valence-corrected chi connectivity index (χ4v) is 2.19. The second-order valence-electron chi connectivity index (χ2n) is 4.14. The fourth-order valence-electron chi connectivity index (χ4n) is 2.19. The number of rotatable bonds is 1. The number of hydrogen-bond donors (Lipinski definition) is 3. The molecule has 0 aliphatic carbocycles. The van der Waals surface area contributed by atoms with E-state index in [0.717, 1.165) is 27.7 Å². The average molecular weight is 204 g/mol. The van der Waals surface area contributed by atoms with Gasteiger partial charge in [-0.25, -0.2) is 0 Å². The SMILES string of the molecule is Cc1[nH]c2c(C)cc(O)cc2c1C(C)N. The van der Waals surface area contributed by atoms with Gasteiger partial charge in [-0.1, -0.05) is 0 Å². The number of phenols is 1. The molecule has 0 bridgehead atoms. The minimum atomic E-state index is -0.0278. The molecule has 2 rings (SSSR count). The zero-order valence-electron chi connectivity index (χ0n) is 9.26. The number of fused-ring (bicyclic) bond motifs is 1. The van der Waals surface area contributed by atoms with E-state index in [1.54, 1.807) is 12.1 Å². The van der Waals surface area contributed by atoms with Crippen LogP contribution >= 0.6 is 0 Å². The van der Waals surface area contributed by atoms with Crippen LogP contribution in [0.2, 0.25) is 0 Å². The van der Waals surface area contributed by atoms with Crippen LogP contribution < -0.4 is 5.73 Å². The van der Waals surface area contributed by atoms with Gasteiger partial charge in [0.25, 0.3) is 0 Å². The van der Waals surface area contributed by atoms with Crippen LogP contribution in [0, 0.1) is 13.8 Å². The molecule has 0 aliphatic rings. The smallest absolute Gasteiger partial charge is 0.116 e. The van der Waals surface area contributed by atoms with E-state index < -0.39 is 0 Å². The largest absolute Gasteiger partial charge is 0.508 e. The summed E-state index contributed by atoms with van der Waals surface area (Å²) in [5.74, 6) is 0.293. The molecule has 3 heteroatoms. The molecule has 1 unspecified atom stereocenters. The Labute approximate surface area is 88.9 Å². The minimum Gasteiger partial charge on any atom is -0.508 e. The predicted octanol–water partition coefficient (Wildman–Crippen LogP) is 2.51. The Bertz CT molecular complexity index is 512. The van der Waals surface area contributed by atoms with Crippen LogP contribution in [-0.4, -0.2) is 10.1 Å². The number of aromatic nitrogens is 1.